The number of rotatable bonds is 7. The van der Waals surface area contributed by atoms with Crippen molar-refractivity contribution in [1.29, 1.82) is 0 Å². The van der Waals surface area contributed by atoms with Crippen molar-refractivity contribution in [1.82, 2.24) is 10.2 Å². The van der Waals surface area contributed by atoms with Crippen LogP contribution in [-0.4, -0.2) is 34.0 Å². The van der Waals surface area contributed by atoms with E-state index in [4.69, 9.17) is 0 Å². The SMILES string of the molecule is Cc1ccc(C(O)C(C)N(C(=O)Nc2ccc(CNC(=O)C(C)(C)C)cc2)C(C)C)cc1. The van der Waals surface area contributed by atoms with Crippen LogP contribution < -0.4 is 10.6 Å². The second kappa shape index (κ2) is 10.6. The van der Waals surface area contributed by atoms with Gasteiger partial charge in [0.25, 0.3) is 0 Å². The third-order valence-corrected chi connectivity index (χ3v) is 5.44. The van der Waals surface area contributed by atoms with Gasteiger partial charge in [0.2, 0.25) is 5.91 Å². The van der Waals surface area contributed by atoms with Crippen molar-refractivity contribution in [3.05, 3.63) is 65.2 Å². The van der Waals surface area contributed by atoms with Crippen molar-refractivity contribution >= 4 is 17.6 Å². The van der Waals surface area contributed by atoms with Crippen LogP contribution in [0.25, 0.3) is 0 Å². The van der Waals surface area contributed by atoms with E-state index in [1.807, 2.05) is 97.0 Å². The molecule has 2 rings (SSSR count). The van der Waals surface area contributed by atoms with E-state index in [2.05, 4.69) is 10.6 Å². The van der Waals surface area contributed by atoms with Crippen LogP contribution in [-0.2, 0) is 11.3 Å². The van der Waals surface area contributed by atoms with Gasteiger partial charge in [0, 0.05) is 23.7 Å². The Morgan fingerprint density at radius 3 is 2.03 bits per heavy atom. The molecule has 2 aromatic carbocycles. The number of carbonyl (C=O) groups is 2. The van der Waals surface area contributed by atoms with Crippen molar-refractivity contribution in [2.45, 2.75) is 73.2 Å². The highest BCUT2D eigenvalue weighted by atomic mass is 16.3. The number of urea groups is 1. The largest absolute Gasteiger partial charge is 0.386 e. The van der Waals surface area contributed by atoms with Gasteiger partial charge in [0.1, 0.15) is 0 Å². The lowest BCUT2D eigenvalue weighted by Gasteiger charge is -2.35. The average molecular weight is 440 g/mol. The first-order valence-electron chi connectivity index (χ1n) is 11.1. The summed E-state index contributed by atoms with van der Waals surface area (Å²) in [6, 6.07) is 14.3. The van der Waals surface area contributed by atoms with Gasteiger partial charge in [-0.3, -0.25) is 4.79 Å². The van der Waals surface area contributed by atoms with Crippen LogP contribution in [0.5, 0.6) is 0 Å². The summed E-state index contributed by atoms with van der Waals surface area (Å²) in [4.78, 5) is 26.7. The Morgan fingerprint density at radius 1 is 0.969 bits per heavy atom. The Labute approximate surface area is 192 Å². The van der Waals surface area contributed by atoms with Gasteiger partial charge in [-0.05, 0) is 51.0 Å². The number of nitrogens with one attached hydrogen (secondary N) is 2. The van der Waals surface area contributed by atoms with Gasteiger partial charge >= 0.3 is 6.03 Å². The molecule has 6 nitrogen and oxygen atoms in total. The molecule has 0 aliphatic heterocycles. The summed E-state index contributed by atoms with van der Waals surface area (Å²) in [5.41, 5.74) is 3.07. The number of aliphatic hydroxyl groups excluding tert-OH is 1. The first-order chi connectivity index (χ1) is 14.9. The highest BCUT2D eigenvalue weighted by Gasteiger charge is 2.29. The van der Waals surface area contributed by atoms with E-state index in [-0.39, 0.29) is 18.0 Å². The van der Waals surface area contributed by atoms with Gasteiger partial charge in [0.15, 0.2) is 0 Å². The molecule has 0 aliphatic rings. The Morgan fingerprint density at radius 2 is 1.53 bits per heavy atom. The van der Waals surface area contributed by atoms with Crippen LogP contribution in [0.3, 0.4) is 0 Å². The summed E-state index contributed by atoms with van der Waals surface area (Å²) in [7, 11) is 0. The molecule has 0 spiro atoms. The highest BCUT2D eigenvalue weighted by Crippen LogP contribution is 2.24. The van der Waals surface area contributed by atoms with Crippen molar-refractivity contribution in [3.8, 4) is 0 Å². The standard InChI is InChI=1S/C26H37N3O3/c1-17(2)29(19(4)23(30)21-12-8-18(3)9-13-21)25(32)28-22-14-10-20(11-15-22)16-27-24(31)26(5,6)7/h8-15,17,19,23,30H,16H2,1-7H3,(H,27,31)(H,28,32). The summed E-state index contributed by atoms with van der Waals surface area (Å²) in [5.74, 6) is -0.0106. The van der Waals surface area contributed by atoms with Crippen LogP contribution in [0.4, 0.5) is 10.5 Å². The highest BCUT2D eigenvalue weighted by molar-refractivity contribution is 5.89. The number of aliphatic hydroxyl groups is 1. The molecule has 0 fully saturated rings. The topological polar surface area (TPSA) is 81.7 Å². The summed E-state index contributed by atoms with van der Waals surface area (Å²) in [5, 5.41) is 16.7. The fourth-order valence-electron chi connectivity index (χ4n) is 3.43. The zero-order valence-electron chi connectivity index (χ0n) is 20.3. The third-order valence-electron chi connectivity index (χ3n) is 5.44. The molecular formula is C26H37N3O3. The Kier molecular flexibility index (Phi) is 8.44. The van der Waals surface area contributed by atoms with Gasteiger partial charge in [0.05, 0.1) is 12.1 Å². The van der Waals surface area contributed by atoms with Gasteiger partial charge in [-0.15, -0.1) is 0 Å². The first-order valence-corrected chi connectivity index (χ1v) is 11.1. The number of nitrogens with zero attached hydrogens (tertiary/aromatic N) is 1. The van der Waals surface area contributed by atoms with Crippen LogP contribution in [0.2, 0.25) is 0 Å². The molecule has 32 heavy (non-hydrogen) atoms. The van der Waals surface area contributed by atoms with Gasteiger partial charge in [-0.2, -0.15) is 0 Å². The molecule has 0 saturated heterocycles. The Hall–Kier alpha value is -2.86. The van der Waals surface area contributed by atoms with Crippen LogP contribution in [0.15, 0.2) is 48.5 Å². The molecule has 0 bridgehead atoms. The molecule has 2 unspecified atom stereocenters. The summed E-state index contributed by atoms with van der Waals surface area (Å²) in [6.45, 7) is 13.8. The van der Waals surface area contributed by atoms with Crippen LogP contribution >= 0.6 is 0 Å². The molecule has 2 aromatic rings. The lowest BCUT2D eigenvalue weighted by Crippen LogP contribution is -2.48. The minimum Gasteiger partial charge on any atom is -0.386 e. The molecular weight excluding hydrogens is 402 g/mol. The molecule has 6 heteroatoms. The summed E-state index contributed by atoms with van der Waals surface area (Å²) in [6.07, 6.45) is -0.794. The normalized spacial score (nSPS) is 13.4. The van der Waals surface area contributed by atoms with Crippen molar-refractivity contribution in [2.75, 3.05) is 5.32 Å². The zero-order chi connectivity index (χ0) is 24.1. The predicted octanol–water partition coefficient (Wildman–Crippen LogP) is 5.02. The Balaban J connectivity index is 2.04. The third kappa shape index (κ3) is 6.82. The van der Waals surface area contributed by atoms with E-state index in [9.17, 15) is 14.7 Å². The van der Waals surface area contributed by atoms with E-state index in [1.165, 1.54) is 0 Å². The summed E-state index contributed by atoms with van der Waals surface area (Å²) < 4.78 is 0. The molecule has 0 radical (unpaired) electrons. The maximum absolute atomic E-state index is 13.0. The van der Waals surface area contributed by atoms with Gasteiger partial charge < -0.3 is 20.6 Å². The van der Waals surface area contributed by atoms with Gasteiger partial charge in [-0.1, -0.05) is 62.7 Å². The lowest BCUT2D eigenvalue weighted by molar-refractivity contribution is -0.128. The summed E-state index contributed by atoms with van der Waals surface area (Å²) >= 11 is 0. The maximum Gasteiger partial charge on any atom is 0.322 e. The minimum atomic E-state index is -0.794. The number of carbonyl (C=O) groups excluding carboxylic acids is 2. The molecule has 174 valence electrons. The Bertz CT molecular complexity index is 899. The molecule has 0 saturated carbocycles. The van der Waals surface area contributed by atoms with Crippen LogP contribution in [0.1, 0.15) is 64.3 Å². The fraction of sp³-hybridized carbons (Fsp3) is 0.462. The van der Waals surface area contributed by atoms with Crippen LogP contribution in [0, 0.1) is 12.3 Å². The smallest absolute Gasteiger partial charge is 0.322 e. The van der Waals surface area contributed by atoms with E-state index in [0.29, 0.717) is 12.2 Å². The predicted molar refractivity (Wildman–Crippen MR) is 129 cm³/mol. The van der Waals surface area contributed by atoms with E-state index >= 15 is 0 Å². The van der Waals surface area contributed by atoms with E-state index in [1.54, 1.807) is 4.90 Å². The second-order valence-corrected chi connectivity index (χ2v) is 9.66. The number of anilines is 1. The number of hydrogen-bond donors (Lipinski definition) is 3. The first kappa shape index (κ1) is 25.4. The number of aryl methyl sites for hydroxylation is 1. The fourth-order valence-corrected chi connectivity index (χ4v) is 3.43. The quantitative estimate of drug-likeness (QED) is 0.566. The molecule has 0 aromatic heterocycles. The average Bonchev–Trinajstić information content (AvgIpc) is 2.72. The lowest BCUT2D eigenvalue weighted by atomic mass is 9.95. The van der Waals surface area contributed by atoms with E-state index in [0.717, 1.165) is 16.7 Å². The molecule has 0 heterocycles. The molecule has 3 amide bonds. The molecule has 0 aliphatic carbocycles. The number of benzene rings is 2. The molecule has 3 N–H and O–H groups in total. The number of hydrogen-bond acceptors (Lipinski definition) is 3. The monoisotopic (exact) mass is 439 g/mol. The maximum atomic E-state index is 13.0. The number of amides is 3. The second-order valence-electron chi connectivity index (χ2n) is 9.66. The van der Waals surface area contributed by atoms with Crippen molar-refractivity contribution in [3.63, 3.8) is 0 Å². The van der Waals surface area contributed by atoms with E-state index < -0.39 is 17.6 Å². The van der Waals surface area contributed by atoms with Crippen molar-refractivity contribution in [2.24, 2.45) is 5.41 Å². The minimum absolute atomic E-state index is 0.0106. The van der Waals surface area contributed by atoms with Crippen molar-refractivity contribution < 1.29 is 14.7 Å². The zero-order valence-corrected chi connectivity index (χ0v) is 20.3. The molecule has 2 atom stereocenters. The van der Waals surface area contributed by atoms with Gasteiger partial charge in [-0.25, -0.2) is 4.79 Å².